The lowest BCUT2D eigenvalue weighted by Crippen LogP contribution is -2.32. The minimum Gasteiger partial charge on any atom is -0.460 e. The number of anilines is 1. The third-order valence-corrected chi connectivity index (χ3v) is 4.67. The van der Waals surface area contributed by atoms with Gasteiger partial charge in [0.1, 0.15) is 35.2 Å². The number of aromatic nitrogens is 4. The van der Waals surface area contributed by atoms with Crippen molar-refractivity contribution in [1.29, 1.82) is 0 Å². The third-order valence-electron chi connectivity index (χ3n) is 4.20. The van der Waals surface area contributed by atoms with E-state index >= 15 is 0 Å². The molecular weight excluding hydrogens is 481 g/mol. The predicted molar refractivity (Wildman–Crippen MR) is 128 cm³/mol. The number of ether oxygens (including phenoxy) is 3. The van der Waals surface area contributed by atoms with Crippen molar-refractivity contribution in [3.05, 3.63) is 12.7 Å². The normalized spacial score (nSPS) is 14.0. The zero-order valence-electron chi connectivity index (χ0n) is 21.4. The van der Waals surface area contributed by atoms with Gasteiger partial charge in [0.15, 0.2) is 17.8 Å². The Morgan fingerprint density at radius 2 is 1.51 bits per heavy atom. The van der Waals surface area contributed by atoms with Gasteiger partial charge in [0.05, 0.1) is 6.33 Å². The summed E-state index contributed by atoms with van der Waals surface area (Å²) in [6, 6.07) is 0. The molecule has 0 bridgehead atoms. The second kappa shape index (κ2) is 11.4. The first-order valence-electron chi connectivity index (χ1n) is 10.8. The quantitative estimate of drug-likeness (QED) is 0.277. The summed E-state index contributed by atoms with van der Waals surface area (Å²) < 4.78 is 27.9. The van der Waals surface area contributed by atoms with Crippen LogP contribution in [-0.4, -0.2) is 58.8 Å². The number of esters is 2. The monoisotopic (exact) mass is 517 g/mol. The number of fused-ring (bicyclic) bond motifs is 1. The van der Waals surface area contributed by atoms with E-state index < -0.39 is 42.8 Å². The second-order valence-electron chi connectivity index (χ2n) is 9.86. The van der Waals surface area contributed by atoms with Crippen LogP contribution in [0.3, 0.4) is 0 Å². The second-order valence-corrected chi connectivity index (χ2v) is 11.4. The van der Waals surface area contributed by atoms with Crippen LogP contribution in [0, 0.1) is 0 Å². The first kappa shape index (κ1) is 30.4. The molecule has 1 unspecified atom stereocenters. The topological polar surface area (TPSA) is 189 Å². The number of nitrogens with zero attached hydrogens (tertiary/aromatic N) is 4. The van der Waals surface area contributed by atoms with Crippen molar-refractivity contribution in [3.8, 4) is 0 Å². The van der Waals surface area contributed by atoms with Gasteiger partial charge in [0, 0.05) is 0 Å². The maximum absolute atomic E-state index is 11.2. The summed E-state index contributed by atoms with van der Waals surface area (Å²) in [5.74, 6) is -0.879. The molecule has 0 saturated heterocycles. The fraction of sp³-hybridized carbons (Fsp3) is 0.667. The zero-order chi connectivity index (χ0) is 27.2. The van der Waals surface area contributed by atoms with Crippen LogP contribution in [0.25, 0.3) is 11.2 Å². The van der Waals surface area contributed by atoms with Crippen LogP contribution in [0.15, 0.2) is 12.7 Å². The number of hydrogen-bond acceptors (Lipinski definition) is 10. The molecule has 35 heavy (non-hydrogen) atoms. The molecule has 0 aliphatic carbocycles. The minimum atomic E-state index is -4.26. The van der Waals surface area contributed by atoms with Gasteiger partial charge in [-0.1, -0.05) is 6.92 Å². The van der Waals surface area contributed by atoms with Crippen LogP contribution < -0.4 is 5.73 Å². The highest BCUT2D eigenvalue weighted by molar-refractivity contribution is 7.51. The Balaban J connectivity index is 0.000000367. The molecule has 0 spiro atoms. The fourth-order valence-electron chi connectivity index (χ4n) is 2.64. The zero-order valence-corrected chi connectivity index (χ0v) is 22.3. The predicted octanol–water partition coefficient (Wildman–Crippen LogP) is 2.70. The number of nitrogen functional groups attached to an aromatic ring is 1. The van der Waals surface area contributed by atoms with E-state index in [1.165, 1.54) is 12.7 Å². The van der Waals surface area contributed by atoms with E-state index in [-0.39, 0.29) is 12.2 Å². The van der Waals surface area contributed by atoms with E-state index in [0.717, 1.165) is 0 Å². The molecule has 0 radical (unpaired) electrons. The molecule has 4 N–H and O–H groups in total. The summed E-state index contributed by atoms with van der Waals surface area (Å²) in [5.41, 5.74) is 4.45. The summed E-state index contributed by atoms with van der Waals surface area (Å²) in [6.45, 7) is 14.0. The Kier molecular flexibility index (Phi) is 9.93. The maximum Gasteiger partial charge on any atom is 0.351 e. The Morgan fingerprint density at radius 3 is 1.94 bits per heavy atom. The molecule has 2 aromatic rings. The number of carbonyl (C=O) groups is 2. The van der Waals surface area contributed by atoms with Crippen molar-refractivity contribution in [2.75, 3.05) is 12.1 Å². The van der Waals surface area contributed by atoms with Gasteiger partial charge in [-0.05, 0) is 54.9 Å². The summed E-state index contributed by atoms with van der Waals surface area (Å²) in [5, 5.41) is 0. The first-order valence-corrected chi connectivity index (χ1v) is 12.6. The lowest BCUT2D eigenvalue weighted by molar-refractivity contribution is -0.166. The number of nitrogens with two attached hydrogens (primary N) is 1. The molecule has 0 saturated carbocycles. The summed E-state index contributed by atoms with van der Waals surface area (Å²) >= 11 is 0. The molecule has 2 heterocycles. The molecule has 14 heteroatoms. The Morgan fingerprint density at radius 1 is 1.00 bits per heavy atom. The molecule has 2 rings (SSSR count). The number of carbonyl (C=O) groups excluding carboxylic acids is 2. The van der Waals surface area contributed by atoms with Crippen molar-refractivity contribution < 1.29 is 38.2 Å². The average Bonchev–Trinajstić information content (AvgIpc) is 3.09. The molecule has 1 atom stereocenters. The van der Waals surface area contributed by atoms with E-state index in [4.69, 9.17) is 29.7 Å². The van der Waals surface area contributed by atoms with Crippen LogP contribution >= 0.6 is 7.60 Å². The lowest BCUT2D eigenvalue weighted by atomic mass is 10.2. The van der Waals surface area contributed by atoms with Crippen molar-refractivity contribution in [2.45, 2.75) is 85.2 Å². The van der Waals surface area contributed by atoms with Crippen LogP contribution in [0.4, 0.5) is 5.82 Å². The van der Waals surface area contributed by atoms with Crippen LogP contribution in [0.5, 0.6) is 0 Å². The van der Waals surface area contributed by atoms with Gasteiger partial charge in [-0.25, -0.2) is 15.0 Å². The Bertz CT molecular complexity index is 1040. The van der Waals surface area contributed by atoms with E-state index in [2.05, 4.69) is 15.0 Å². The minimum absolute atomic E-state index is 0.238. The molecule has 0 amide bonds. The van der Waals surface area contributed by atoms with E-state index in [1.807, 2.05) is 6.92 Å². The van der Waals surface area contributed by atoms with Crippen molar-refractivity contribution in [3.63, 3.8) is 0 Å². The third kappa shape index (κ3) is 10.7. The van der Waals surface area contributed by atoms with Gasteiger partial charge < -0.3 is 29.7 Å². The van der Waals surface area contributed by atoms with Crippen LogP contribution in [0.1, 0.15) is 68.2 Å². The summed E-state index contributed by atoms with van der Waals surface area (Å²) in [4.78, 5) is 52.4. The number of imidazole rings is 1. The lowest BCUT2D eigenvalue weighted by Gasteiger charge is -2.30. The van der Waals surface area contributed by atoms with Crippen molar-refractivity contribution in [1.82, 2.24) is 19.5 Å². The van der Waals surface area contributed by atoms with Crippen LogP contribution in [-0.2, 0) is 34.1 Å². The van der Waals surface area contributed by atoms with Gasteiger partial charge in [0.25, 0.3) is 0 Å². The van der Waals surface area contributed by atoms with Crippen molar-refractivity contribution in [2.24, 2.45) is 0 Å². The van der Waals surface area contributed by atoms with Crippen LogP contribution in [0.2, 0.25) is 0 Å². The van der Waals surface area contributed by atoms with Gasteiger partial charge in [-0.2, -0.15) is 0 Å². The molecule has 0 aliphatic rings. The molecular formula is C21H36N5O8P. The van der Waals surface area contributed by atoms with Crippen molar-refractivity contribution >= 4 is 36.5 Å². The highest BCUT2D eigenvalue weighted by Gasteiger charge is 2.31. The van der Waals surface area contributed by atoms with Gasteiger partial charge in [-0.3, -0.25) is 18.7 Å². The fourth-order valence-corrected chi connectivity index (χ4v) is 3.08. The number of hydrogen-bond donors (Lipinski definition) is 3. The standard InChI is InChI=1S/C11H20O4.C10H16N5O4P/c1-10(2,3)14-8(12)7-9(13)15-11(4,5)6;1-3-10(2,19-6-20(16,17)18)15-5-14-7-8(11)12-4-13-9(7)15/h7H2,1-6H3;4-5H,3,6H2,1-2H3,(H2,11,12,13)(H2,16,17,18). The van der Waals surface area contributed by atoms with E-state index in [1.54, 1.807) is 53.0 Å². The summed E-state index contributed by atoms with van der Waals surface area (Å²) in [7, 11) is -4.26. The van der Waals surface area contributed by atoms with Gasteiger partial charge in [-0.15, -0.1) is 0 Å². The molecule has 0 aliphatic heterocycles. The number of rotatable bonds is 7. The molecule has 0 fully saturated rings. The van der Waals surface area contributed by atoms with Gasteiger partial charge >= 0.3 is 19.5 Å². The average molecular weight is 518 g/mol. The maximum atomic E-state index is 11.2. The largest absolute Gasteiger partial charge is 0.460 e. The molecule has 13 nitrogen and oxygen atoms in total. The highest BCUT2D eigenvalue weighted by atomic mass is 31.2. The highest BCUT2D eigenvalue weighted by Crippen LogP contribution is 2.38. The Hall–Kier alpha value is -2.60. The molecule has 2 aromatic heterocycles. The first-order chi connectivity index (χ1) is 15.8. The summed E-state index contributed by atoms with van der Waals surface area (Å²) in [6.07, 6.45) is 2.21. The van der Waals surface area contributed by atoms with E-state index in [0.29, 0.717) is 17.6 Å². The SMILES string of the molecule is CC(C)(C)OC(=O)CC(=O)OC(C)(C)C.CCC(C)(OCP(=O)(O)O)n1cnc2c(N)ncnc21. The van der Waals surface area contributed by atoms with E-state index in [9.17, 15) is 14.2 Å². The Labute approximate surface area is 204 Å². The molecule has 198 valence electrons. The van der Waals surface area contributed by atoms with Gasteiger partial charge in [0.2, 0.25) is 0 Å². The molecule has 0 aromatic carbocycles. The smallest absolute Gasteiger partial charge is 0.351 e.